The Morgan fingerprint density at radius 1 is 1.07 bits per heavy atom. The molecule has 1 aliphatic carbocycles. The zero-order valence-electron chi connectivity index (χ0n) is 9.22. The molecular formula is C11H21ClO2. The van der Waals surface area contributed by atoms with Gasteiger partial charge in [0.15, 0.2) is 0 Å². The van der Waals surface area contributed by atoms with Crippen LogP contribution in [0.25, 0.3) is 0 Å². The summed E-state index contributed by atoms with van der Waals surface area (Å²) >= 11 is 6.57. The van der Waals surface area contributed by atoms with Crippen molar-refractivity contribution in [2.75, 3.05) is 27.4 Å². The molecule has 0 N–H and O–H groups in total. The number of rotatable bonds is 5. The zero-order chi connectivity index (χ0) is 10.4. The highest BCUT2D eigenvalue weighted by Gasteiger charge is 2.37. The van der Waals surface area contributed by atoms with Crippen molar-refractivity contribution in [2.45, 2.75) is 37.0 Å². The quantitative estimate of drug-likeness (QED) is 0.664. The molecule has 0 aromatic carbocycles. The Morgan fingerprint density at radius 2 is 1.57 bits per heavy atom. The van der Waals surface area contributed by atoms with Gasteiger partial charge in [-0.1, -0.05) is 19.3 Å². The molecule has 0 aromatic rings. The highest BCUT2D eigenvalue weighted by molar-refractivity contribution is 6.24. The van der Waals surface area contributed by atoms with Crippen molar-refractivity contribution in [1.29, 1.82) is 0 Å². The van der Waals surface area contributed by atoms with Crippen LogP contribution in [-0.4, -0.2) is 32.3 Å². The summed E-state index contributed by atoms with van der Waals surface area (Å²) in [5.41, 5.74) is 0. The van der Waals surface area contributed by atoms with Gasteiger partial charge >= 0.3 is 0 Å². The van der Waals surface area contributed by atoms with E-state index in [1.165, 1.54) is 32.1 Å². The van der Waals surface area contributed by atoms with E-state index < -0.39 is 0 Å². The van der Waals surface area contributed by atoms with Crippen LogP contribution in [0, 0.1) is 5.92 Å². The van der Waals surface area contributed by atoms with E-state index in [9.17, 15) is 0 Å². The molecule has 2 nitrogen and oxygen atoms in total. The van der Waals surface area contributed by atoms with Gasteiger partial charge in [0, 0.05) is 14.2 Å². The predicted molar refractivity (Wildman–Crippen MR) is 58.9 cm³/mol. The Balaban J connectivity index is 2.54. The summed E-state index contributed by atoms with van der Waals surface area (Å²) in [5, 5.41) is 0. The molecule has 0 bridgehead atoms. The number of methoxy groups -OCH3 is 2. The average molecular weight is 221 g/mol. The molecule has 0 aromatic heterocycles. The standard InChI is InChI=1S/C11H21ClO2/c1-13-8-11(12,9-14-2)10-6-4-3-5-7-10/h10H,3-9H2,1-2H3. The minimum absolute atomic E-state index is 0.302. The molecule has 1 aliphatic rings. The Kier molecular flexibility index (Phi) is 5.21. The summed E-state index contributed by atoms with van der Waals surface area (Å²) in [6.07, 6.45) is 6.38. The minimum atomic E-state index is -0.302. The number of ether oxygens (including phenoxy) is 2. The van der Waals surface area contributed by atoms with Gasteiger partial charge in [0.2, 0.25) is 0 Å². The summed E-state index contributed by atoms with van der Waals surface area (Å²) in [6.45, 7) is 1.18. The summed E-state index contributed by atoms with van der Waals surface area (Å²) in [6, 6.07) is 0. The van der Waals surface area contributed by atoms with Gasteiger partial charge < -0.3 is 9.47 Å². The third-order valence-corrected chi connectivity index (χ3v) is 3.63. The Bertz CT molecular complexity index is 149. The monoisotopic (exact) mass is 220 g/mol. The lowest BCUT2D eigenvalue weighted by Crippen LogP contribution is -2.42. The first-order valence-electron chi connectivity index (χ1n) is 5.40. The second-order valence-electron chi connectivity index (χ2n) is 4.24. The Labute approximate surface area is 91.9 Å². The highest BCUT2D eigenvalue weighted by atomic mass is 35.5. The summed E-state index contributed by atoms with van der Waals surface area (Å²) in [5.74, 6) is 0.554. The molecule has 1 fully saturated rings. The van der Waals surface area contributed by atoms with Gasteiger partial charge in [-0.15, -0.1) is 11.6 Å². The fourth-order valence-corrected chi connectivity index (χ4v) is 2.81. The molecule has 0 aliphatic heterocycles. The first-order valence-corrected chi connectivity index (χ1v) is 5.77. The van der Waals surface area contributed by atoms with Crippen LogP contribution >= 0.6 is 11.6 Å². The topological polar surface area (TPSA) is 18.5 Å². The first-order chi connectivity index (χ1) is 6.73. The lowest BCUT2D eigenvalue weighted by Gasteiger charge is -2.36. The Morgan fingerprint density at radius 3 is 2.00 bits per heavy atom. The van der Waals surface area contributed by atoms with E-state index in [0.29, 0.717) is 19.1 Å². The van der Waals surface area contributed by atoms with Crippen LogP contribution < -0.4 is 0 Å². The second kappa shape index (κ2) is 5.94. The minimum Gasteiger partial charge on any atom is -0.383 e. The van der Waals surface area contributed by atoms with Crippen LogP contribution in [0.4, 0.5) is 0 Å². The van der Waals surface area contributed by atoms with Gasteiger partial charge in [-0.2, -0.15) is 0 Å². The third-order valence-electron chi connectivity index (χ3n) is 3.11. The SMILES string of the molecule is COCC(Cl)(COC)C1CCCCC1. The zero-order valence-corrected chi connectivity index (χ0v) is 9.98. The third kappa shape index (κ3) is 3.11. The largest absolute Gasteiger partial charge is 0.383 e. The molecule has 1 saturated carbocycles. The molecule has 3 heteroatoms. The van der Waals surface area contributed by atoms with Gasteiger partial charge in [0.25, 0.3) is 0 Å². The van der Waals surface area contributed by atoms with E-state index in [2.05, 4.69) is 0 Å². The molecule has 84 valence electrons. The molecule has 0 unspecified atom stereocenters. The summed E-state index contributed by atoms with van der Waals surface area (Å²) in [7, 11) is 3.41. The maximum Gasteiger partial charge on any atom is 0.0939 e. The number of alkyl halides is 1. The van der Waals surface area contributed by atoms with Crippen molar-refractivity contribution in [3.63, 3.8) is 0 Å². The molecule has 0 amide bonds. The number of hydrogen-bond donors (Lipinski definition) is 0. The number of hydrogen-bond acceptors (Lipinski definition) is 2. The van der Waals surface area contributed by atoms with E-state index in [0.717, 1.165) is 0 Å². The Hall–Kier alpha value is 0.210. The molecule has 0 radical (unpaired) electrons. The van der Waals surface area contributed by atoms with Crippen LogP contribution in [0.2, 0.25) is 0 Å². The summed E-state index contributed by atoms with van der Waals surface area (Å²) in [4.78, 5) is -0.302. The normalized spacial score (nSPS) is 19.9. The van der Waals surface area contributed by atoms with Crippen molar-refractivity contribution >= 4 is 11.6 Å². The van der Waals surface area contributed by atoms with E-state index in [4.69, 9.17) is 21.1 Å². The molecule has 0 heterocycles. The first kappa shape index (κ1) is 12.3. The van der Waals surface area contributed by atoms with Crippen molar-refractivity contribution in [3.8, 4) is 0 Å². The molecule has 1 rings (SSSR count). The van der Waals surface area contributed by atoms with Crippen LogP contribution in [0.3, 0.4) is 0 Å². The van der Waals surface area contributed by atoms with E-state index >= 15 is 0 Å². The lowest BCUT2D eigenvalue weighted by atomic mass is 9.80. The fourth-order valence-electron chi connectivity index (χ4n) is 2.38. The highest BCUT2D eigenvalue weighted by Crippen LogP contribution is 2.37. The van der Waals surface area contributed by atoms with Crippen molar-refractivity contribution < 1.29 is 9.47 Å². The van der Waals surface area contributed by atoms with Crippen LogP contribution in [-0.2, 0) is 9.47 Å². The van der Waals surface area contributed by atoms with Gasteiger partial charge in [-0.05, 0) is 18.8 Å². The average Bonchev–Trinajstić information content (AvgIpc) is 2.20. The van der Waals surface area contributed by atoms with Crippen molar-refractivity contribution in [2.24, 2.45) is 5.92 Å². The predicted octanol–water partition coefficient (Wildman–Crippen LogP) is 2.84. The fraction of sp³-hybridized carbons (Fsp3) is 1.00. The van der Waals surface area contributed by atoms with Crippen LogP contribution in [0.1, 0.15) is 32.1 Å². The van der Waals surface area contributed by atoms with Crippen molar-refractivity contribution in [3.05, 3.63) is 0 Å². The number of halogens is 1. The van der Waals surface area contributed by atoms with Crippen molar-refractivity contribution in [1.82, 2.24) is 0 Å². The molecule has 14 heavy (non-hydrogen) atoms. The maximum absolute atomic E-state index is 6.57. The molecule has 0 saturated heterocycles. The summed E-state index contributed by atoms with van der Waals surface area (Å²) < 4.78 is 10.4. The van der Waals surface area contributed by atoms with Gasteiger partial charge in [0.1, 0.15) is 0 Å². The van der Waals surface area contributed by atoms with Gasteiger partial charge in [-0.3, -0.25) is 0 Å². The molecule has 0 spiro atoms. The van der Waals surface area contributed by atoms with E-state index in [1.807, 2.05) is 0 Å². The van der Waals surface area contributed by atoms with Gasteiger partial charge in [-0.25, -0.2) is 0 Å². The molecule has 0 atom stereocenters. The van der Waals surface area contributed by atoms with E-state index in [1.54, 1.807) is 14.2 Å². The van der Waals surface area contributed by atoms with Crippen LogP contribution in [0.5, 0.6) is 0 Å². The smallest absolute Gasteiger partial charge is 0.0939 e. The second-order valence-corrected chi connectivity index (χ2v) is 4.99. The van der Waals surface area contributed by atoms with Crippen LogP contribution in [0.15, 0.2) is 0 Å². The maximum atomic E-state index is 6.57. The van der Waals surface area contributed by atoms with E-state index in [-0.39, 0.29) is 4.87 Å². The molecular weight excluding hydrogens is 200 g/mol. The lowest BCUT2D eigenvalue weighted by molar-refractivity contribution is 0.0605. The van der Waals surface area contributed by atoms with Gasteiger partial charge in [0.05, 0.1) is 18.1 Å².